The highest BCUT2D eigenvalue weighted by Gasteiger charge is 2.18. The molecule has 31 heavy (non-hydrogen) atoms. The summed E-state index contributed by atoms with van der Waals surface area (Å²) in [5, 5.41) is 9.38. The second-order valence-electron chi connectivity index (χ2n) is 7.16. The second-order valence-corrected chi connectivity index (χ2v) is 8.11. The van der Waals surface area contributed by atoms with E-state index >= 15 is 0 Å². The number of aryl methyl sites for hydroxylation is 2. The van der Waals surface area contributed by atoms with Crippen LogP contribution in [-0.2, 0) is 13.6 Å². The Kier molecular flexibility index (Phi) is 5.77. The van der Waals surface area contributed by atoms with Gasteiger partial charge in [0.2, 0.25) is 0 Å². The number of nitrogens with zero attached hydrogens (tertiary/aromatic N) is 5. The lowest BCUT2D eigenvalue weighted by Crippen LogP contribution is -2.35. The van der Waals surface area contributed by atoms with Gasteiger partial charge in [0, 0.05) is 37.2 Å². The van der Waals surface area contributed by atoms with Crippen LogP contribution in [0.25, 0.3) is 21.8 Å². The van der Waals surface area contributed by atoms with Gasteiger partial charge in [-0.15, -0.1) is 11.3 Å². The maximum Gasteiger partial charge on any atom is 0.263 e. The summed E-state index contributed by atoms with van der Waals surface area (Å²) in [5.74, 6) is -0.378. The molecule has 0 bridgehead atoms. The lowest BCUT2D eigenvalue weighted by atomic mass is 10.1. The van der Waals surface area contributed by atoms with E-state index in [0.717, 1.165) is 27.5 Å². The Bertz CT molecular complexity index is 1280. The summed E-state index contributed by atoms with van der Waals surface area (Å²) < 4.78 is 3.33. The number of aromatic nitrogens is 5. The van der Waals surface area contributed by atoms with Crippen molar-refractivity contribution in [1.82, 2.24) is 29.6 Å². The number of thiophene rings is 1. The van der Waals surface area contributed by atoms with E-state index in [1.165, 1.54) is 4.57 Å². The van der Waals surface area contributed by atoms with Gasteiger partial charge in [-0.3, -0.25) is 24.2 Å². The predicted molar refractivity (Wildman–Crippen MR) is 120 cm³/mol. The highest BCUT2D eigenvalue weighted by atomic mass is 32.1. The summed E-state index contributed by atoms with van der Waals surface area (Å²) in [6.45, 7) is 4.40. The monoisotopic (exact) mass is 434 g/mol. The van der Waals surface area contributed by atoms with Gasteiger partial charge in [0.05, 0.1) is 35.2 Å². The van der Waals surface area contributed by atoms with Crippen LogP contribution in [0.15, 0.2) is 53.2 Å². The fraction of sp³-hybridized carbons (Fsp3) is 0.227. The molecule has 4 aromatic rings. The van der Waals surface area contributed by atoms with Crippen LogP contribution in [0.3, 0.4) is 0 Å². The summed E-state index contributed by atoms with van der Waals surface area (Å²) in [7, 11) is 1.67. The smallest absolute Gasteiger partial charge is 0.263 e. The van der Waals surface area contributed by atoms with E-state index < -0.39 is 0 Å². The van der Waals surface area contributed by atoms with Crippen LogP contribution >= 0.6 is 11.3 Å². The number of amides is 1. The van der Waals surface area contributed by atoms with Gasteiger partial charge in [0.25, 0.3) is 11.5 Å². The van der Waals surface area contributed by atoms with Crippen molar-refractivity contribution in [3.8, 4) is 21.8 Å². The van der Waals surface area contributed by atoms with Gasteiger partial charge >= 0.3 is 0 Å². The average Bonchev–Trinajstić information content (AvgIpc) is 3.42. The van der Waals surface area contributed by atoms with E-state index in [1.54, 1.807) is 50.1 Å². The molecule has 0 spiro atoms. The summed E-state index contributed by atoms with van der Waals surface area (Å²) in [6.07, 6.45) is 6.75. The van der Waals surface area contributed by atoms with Crippen LogP contribution in [0.5, 0.6) is 0 Å². The molecule has 0 saturated heterocycles. The fourth-order valence-corrected chi connectivity index (χ4v) is 4.26. The molecule has 4 heterocycles. The first-order valence-corrected chi connectivity index (χ1v) is 10.7. The minimum atomic E-state index is -0.378. The van der Waals surface area contributed by atoms with Gasteiger partial charge in [-0.1, -0.05) is 6.07 Å². The van der Waals surface area contributed by atoms with E-state index in [2.05, 4.69) is 20.4 Å². The third-order valence-corrected chi connectivity index (χ3v) is 6.01. The Hall–Kier alpha value is -3.59. The molecule has 0 atom stereocenters. The quantitative estimate of drug-likeness (QED) is 0.504. The Morgan fingerprint density at radius 1 is 1.23 bits per heavy atom. The van der Waals surface area contributed by atoms with E-state index in [9.17, 15) is 9.59 Å². The van der Waals surface area contributed by atoms with Crippen LogP contribution in [0.2, 0.25) is 0 Å². The summed E-state index contributed by atoms with van der Waals surface area (Å²) in [4.78, 5) is 34.8. The molecule has 9 heteroatoms. The Morgan fingerprint density at radius 3 is 2.77 bits per heavy atom. The molecule has 0 aliphatic heterocycles. The molecule has 1 amide bonds. The van der Waals surface area contributed by atoms with Crippen molar-refractivity contribution < 1.29 is 4.79 Å². The number of rotatable bonds is 6. The first kappa shape index (κ1) is 20.7. The third kappa shape index (κ3) is 4.04. The largest absolute Gasteiger partial charge is 0.350 e. The number of carbonyl (C=O) groups excluding carboxylic acids is 1. The Morgan fingerprint density at radius 2 is 2.06 bits per heavy atom. The number of hydrogen-bond donors (Lipinski definition) is 1. The Labute approximate surface area is 183 Å². The van der Waals surface area contributed by atoms with E-state index in [4.69, 9.17) is 0 Å². The van der Waals surface area contributed by atoms with E-state index in [1.807, 2.05) is 35.2 Å². The standard InChI is InChI=1S/C22H22N6O2S/c1-14-11-15(2)27(3)22(30)19(14)21(29)25-8-9-28-20(18-5-4-10-31-18)16(12-26-28)17-13-23-6-7-24-17/h4-7,10-13H,8-9H2,1-3H3,(H,25,29). The normalized spacial score (nSPS) is 10.9. The molecule has 4 aromatic heterocycles. The lowest BCUT2D eigenvalue weighted by molar-refractivity contribution is 0.0949. The van der Waals surface area contributed by atoms with Crippen molar-refractivity contribution in [2.24, 2.45) is 7.05 Å². The number of nitrogens with one attached hydrogen (secondary N) is 1. The zero-order chi connectivity index (χ0) is 22.0. The zero-order valence-corrected chi connectivity index (χ0v) is 18.3. The predicted octanol–water partition coefficient (Wildman–Crippen LogP) is 2.81. The van der Waals surface area contributed by atoms with Crippen LogP contribution < -0.4 is 10.9 Å². The molecule has 0 aliphatic rings. The number of carbonyl (C=O) groups is 1. The molecule has 4 rings (SSSR count). The Balaban J connectivity index is 1.56. The summed E-state index contributed by atoms with van der Waals surface area (Å²) in [6, 6.07) is 5.84. The van der Waals surface area contributed by atoms with Crippen LogP contribution in [0, 0.1) is 13.8 Å². The van der Waals surface area contributed by atoms with Gasteiger partial charge in [0.15, 0.2) is 0 Å². The SMILES string of the molecule is Cc1cc(C)n(C)c(=O)c1C(=O)NCCn1ncc(-c2cnccn2)c1-c1cccs1. The van der Waals surface area contributed by atoms with Gasteiger partial charge in [-0.2, -0.15) is 5.10 Å². The highest BCUT2D eigenvalue weighted by molar-refractivity contribution is 7.13. The lowest BCUT2D eigenvalue weighted by Gasteiger charge is -2.12. The molecule has 1 N–H and O–H groups in total. The van der Waals surface area contributed by atoms with Crippen molar-refractivity contribution in [2.75, 3.05) is 6.54 Å². The zero-order valence-electron chi connectivity index (χ0n) is 17.5. The fourth-order valence-electron chi connectivity index (χ4n) is 3.47. The molecular weight excluding hydrogens is 412 g/mol. The van der Waals surface area contributed by atoms with E-state index in [-0.39, 0.29) is 17.0 Å². The first-order valence-electron chi connectivity index (χ1n) is 9.79. The maximum absolute atomic E-state index is 12.7. The van der Waals surface area contributed by atoms with Crippen molar-refractivity contribution in [1.29, 1.82) is 0 Å². The molecule has 0 unspecified atom stereocenters. The topological polar surface area (TPSA) is 94.7 Å². The highest BCUT2D eigenvalue weighted by Crippen LogP contribution is 2.33. The van der Waals surface area contributed by atoms with Crippen LogP contribution in [0.1, 0.15) is 21.6 Å². The summed E-state index contributed by atoms with van der Waals surface area (Å²) >= 11 is 1.61. The van der Waals surface area contributed by atoms with Gasteiger partial charge < -0.3 is 9.88 Å². The first-order chi connectivity index (χ1) is 15.0. The maximum atomic E-state index is 12.7. The van der Waals surface area contributed by atoms with Crippen molar-refractivity contribution in [2.45, 2.75) is 20.4 Å². The van der Waals surface area contributed by atoms with Gasteiger partial charge in [0.1, 0.15) is 5.56 Å². The van der Waals surface area contributed by atoms with Crippen molar-refractivity contribution >= 4 is 17.2 Å². The van der Waals surface area contributed by atoms with Crippen molar-refractivity contribution in [3.63, 3.8) is 0 Å². The molecule has 0 aromatic carbocycles. The average molecular weight is 435 g/mol. The third-order valence-electron chi connectivity index (χ3n) is 5.14. The van der Waals surface area contributed by atoms with Crippen LogP contribution in [-0.4, -0.2) is 36.8 Å². The number of pyridine rings is 1. The van der Waals surface area contributed by atoms with Crippen LogP contribution in [0.4, 0.5) is 0 Å². The number of hydrogen-bond acceptors (Lipinski definition) is 6. The molecule has 0 aliphatic carbocycles. The van der Waals surface area contributed by atoms with E-state index in [0.29, 0.717) is 18.7 Å². The minimum Gasteiger partial charge on any atom is -0.350 e. The molecule has 0 radical (unpaired) electrons. The summed E-state index contributed by atoms with van der Waals surface area (Å²) in [5.41, 5.74) is 3.90. The second kappa shape index (κ2) is 8.65. The van der Waals surface area contributed by atoms with Gasteiger partial charge in [-0.25, -0.2) is 0 Å². The molecular formula is C22H22N6O2S. The molecule has 158 valence electrons. The molecule has 8 nitrogen and oxygen atoms in total. The van der Waals surface area contributed by atoms with Crippen molar-refractivity contribution in [3.05, 3.63) is 75.5 Å². The molecule has 0 saturated carbocycles. The minimum absolute atomic E-state index is 0.173. The molecule has 0 fully saturated rings. The van der Waals surface area contributed by atoms with Gasteiger partial charge in [-0.05, 0) is 36.9 Å².